The van der Waals surface area contributed by atoms with E-state index in [0.717, 1.165) is 6.07 Å². The molecule has 2 heterocycles. The summed E-state index contributed by atoms with van der Waals surface area (Å²) in [6, 6.07) is 4.90. The van der Waals surface area contributed by atoms with Crippen molar-refractivity contribution in [2.24, 2.45) is 0 Å². The molecule has 12 heteroatoms. The van der Waals surface area contributed by atoms with Crippen LogP contribution in [0.4, 0.5) is 17.6 Å². The summed E-state index contributed by atoms with van der Waals surface area (Å²) in [6.07, 6.45) is 0.298. The second-order valence-electron chi connectivity index (χ2n) is 6.94. The highest BCUT2D eigenvalue weighted by atomic mass is 35.5. The Morgan fingerprint density at radius 2 is 2.00 bits per heavy atom. The van der Waals surface area contributed by atoms with Crippen molar-refractivity contribution in [2.75, 3.05) is 0 Å². The number of imidazole rings is 2. The highest BCUT2D eigenvalue weighted by Crippen LogP contribution is 2.35. The van der Waals surface area contributed by atoms with E-state index in [4.69, 9.17) is 11.6 Å². The van der Waals surface area contributed by atoms with E-state index in [1.165, 1.54) is 47.4 Å². The molecule has 0 spiro atoms. The number of alkyl halides is 3. The van der Waals surface area contributed by atoms with E-state index in [1.807, 2.05) is 0 Å². The van der Waals surface area contributed by atoms with Gasteiger partial charge < -0.3 is 14.8 Å². The fraction of sp³-hybridized carbons (Fsp3) is 0.0952. The summed E-state index contributed by atoms with van der Waals surface area (Å²) >= 11 is 5.74. The first-order chi connectivity index (χ1) is 15.5. The van der Waals surface area contributed by atoms with Crippen molar-refractivity contribution in [3.8, 4) is 17.2 Å². The number of fused-ring (bicyclic) bond motifs is 1. The Morgan fingerprint density at radius 3 is 2.67 bits per heavy atom. The third-order valence-corrected chi connectivity index (χ3v) is 4.75. The van der Waals surface area contributed by atoms with Gasteiger partial charge in [-0.2, -0.15) is 13.2 Å². The van der Waals surface area contributed by atoms with E-state index in [2.05, 4.69) is 19.7 Å². The lowest BCUT2D eigenvalue weighted by molar-refractivity contribution is -0.189. The van der Waals surface area contributed by atoms with Gasteiger partial charge in [0, 0.05) is 12.3 Å². The minimum absolute atomic E-state index is 0.101. The van der Waals surface area contributed by atoms with Crippen molar-refractivity contribution in [2.45, 2.75) is 13.1 Å². The Hall–Kier alpha value is -3.86. The summed E-state index contributed by atoms with van der Waals surface area (Å²) in [4.78, 5) is 22.5. The SMILES string of the molecule is Cc1cn(-c2c(O)cc(/C=C/c3nc4cc(Cl)c(F)cc4[nH]3)cc2OC(=O)C(F)(F)F)cn1. The summed E-state index contributed by atoms with van der Waals surface area (Å²) in [5.74, 6) is -3.79. The number of hydrogen-bond donors (Lipinski definition) is 2. The topological polar surface area (TPSA) is 93.0 Å². The van der Waals surface area contributed by atoms with Crippen molar-refractivity contribution in [3.05, 3.63) is 64.7 Å². The van der Waals surface area contributed by atoms with Gasteiger partial charge in [-0.05, 0) is 36.8 Å². The predicted molar refractivity (Wildman–Crippen MR) is 112 cm³/mol. The van der Waals surface area contributed by atoms with Crippen LogP contribution in [0.15, 0.2) is 36.8 Å². The number of aromatic amines is 1. The standard InChI is InChI=1S/C21H13ClF4N4O3/c1-10-8-30(9-27-10)19-16(31)4-11(5-17(19)33-20(32)21(24,25)26)2-3-18-28-14-6-12(22)13(23)7-15(14)29-18/h2-9,31H,1H3,(H,28,29)/b3-2+. The van der Waals surface area contributed by atoms with Crippen LogP contribution in [0.3, 0.4) is 0 Å². The molecule has 0 radical (unpaired) electrons. The molecule has 4 aromatic rings. The lowest BCUT2D eigenvalue weighted by Gasteiger charge is -2.14. The van der Waals surface area contributed by atoms with Gasteiger partial charge in [-0.3, -0.25) is 4.57 Å². The fourth-order valence-corrected chi connectivity index (χ4v) is 3.19. The number of halogens is 5. The first-order valence-electron chi connectivity index (χ1n) is 9.21. The minimum atomic E-state index is -5.24. The summed E-state index contributed by atoms with van der Waals surface area (Å²) in [5.41, 5.74) is 1.30. The second kappa shape index (κ2) is 8.24. The van der Waals surface area contributed by atoms with Crippen LogP contribution in [0, 0.1) is 12.7 Å². The quantitative estimate of drug-likeness (QED) is 0.238. The largest absolute Gasteiger partial charge is 0.506 e. The number of benzene rings is 2. The molecule has 170 valence electrons. The molecule has 4 rings (SSSR count). The molecule has 0 saturated heterocycles. The number of rotatable bonds is 4. The van der Waals surface area contributed by atoms with Crippen molar-refractivity contribution in [1.82, 2.24) is 19.5 Å². The molecular weight excluding hydrogens is 468 g/mol. The lowest BCUT2D eigenvalue weighted by Crippen LogP contribution is -2.28. The normalized spacial score (nSPS) is 12.1. The number of ether oxygens (including phenoxy) is 1. The van der Waals surface area contributed by atoms with E-state index in [0.29, 0.717) is 16.7 Å². The van der Waals surface area contributed by atoms with Crippen LogP contribution in [0.1, 0.15) is 17.1 Å². The molecule has 2 aromatic carbocycles. The van der Waals surface area contributed by atoms with Gasteiger partial charge in [0.1, 0.15) is 23.1 Å². The number of H-pyrrole nitrogens is 1. The Balaban J connectivity index is 1.73. The summed E-state index contributed by atoms with van der Waals surface area (Å²) in [5, 5.41) is 10.4. The number of phenols is 1. The average molecular weight is 481 g/mol. The summed E-state index contributed by atoms with van der Waals surface area (Å²) < 4.78 is 57.7. The van der Waals surface area contributed by atoms with Crippen LogP contribution in [0.5, 0.6) is 11.5 Å². The Labute approximate surface area is 187 Å². The summed E-state index contributed by atoms with van der Waals surface area (Å²) in [7, 11) is 0. The van der Waals surface area contributed by atoms with Crippen molar-refractivity contribution in [3.63, 3.8) is 0 Å². The van der Waals surface area contributed by atoms with E-state index < -0.39 is 29.5 Å². The Kier molecular flexibility index (Phi) is 5.58. The van der Waals surface area contributed by atoms with Gasteiger partial charge in [-0.1, -0.05) is 17.7 Å². The molecule has 2 N–H and O–H groups in total. The van der Waals surface area contributed by atoms with Gasteiger partial charge in [0.2, 0.25) is 0 Å². The van der Waals surface area contributed by atoms with Crippen LogP contribution in [0.2, 0.25) is 5.02 Å². The maximum absolute atomic E-state index is 13.6. The van der Waals surface area contributed by atoms with E-state index in [9.17, 15) is 27.5 Å². The number of esters is 1. The van der Waals surface area contributed by atoms with Gasteiger partial charge in [0.15, 0.2) is 5.75 Å². The molecule has 0 atom stereocenters. The summed E-state index contributed by atoms with van der Waals surface area (Å²) in [6.45, 7) is 1.64. The number of nitrogens with zero attached hydrogens (tertiary/aromatic N) is 3. The number of aromatic nitrogens is 4. The van der Waals surface area contributed by atoms with Crippen molar-refractivity contribution < 1.29 is 32.2 Å². The molecule has 33 heavy (non-hydrogen) atoms. The molecule has 0 aliphatic rings. The highest BCUT2D eigenvalue weighted by molar-refractivity contribution is 6.31. The lowest BCUT2D eigenvalue weighted by atomic mass is 10.1. The molecule has 7 nitrogen and oxygen atoms in total. The first-order valence-corrected chi connectivity index (χ1v) is 9.59. The first kappa shape index (κ1) is 22.3. The Morgan fingerprint density at radius 1 is 1.24 bits per heavy atom. The molecular formula is C21H13ClF4N4O3. The minimum Gasteiger partial charge on any atom is -0.506 e. The van der Waals surface area contributed by atoms with Crippen LogP contribution < -0.4 is 4.74 Å². The third kappa shape index (κ3) is 4.67. The maximum atomic E-state index is 13.6. The monoisotopic (exact) mass is 480 g/mol. The van der Waals surface area contributed by atoms with Crippen LogP contribution in [0.25, 0.3) is 28.9 Å². The average Bonchev–Trinajstić information content (AvgIpc) is 3.31. The van der Waals surface area contributed by atoms with Crippen LogP contribution in [-0.2, 0) is 4.79 Å². The van der Waals surface area contributed by atoms with E-state index >= 15 is 0 Å². The molecule has 0 aliphatic carbocycles. The van der Waals surface area contributed by atoms with Gasteiger partial charge >= 0.3 is 12.1 Å². The zero-order valence-electron chi connectivity index (χ0n) is 16.6. The number of nitrogens with one attached hydrogen (secondary N) is 1. The highest BCUT2D eigenvalue weighted by Gasteiger charge is 2.42. The zero-order chi connectivity index (χ0) is 23.9. The predicted octanol–water partition coefficient (Wildman–Crippen LogP) is 5.19. The van der Waals surface area contributed by atoms with Crippen molar-refractivity contribution in [1.29, 1.82) is 0 Å². The fourth-order valence-electron chi connectivity index (χ4n) is 3.03. The molecule has 0 amide bonds. The smallest absolute Gasteiger partial charge is 0.491 e. The number of carbonyl (C=O) groups excluding carboxylic acids is 1. The number of carbonyl (C=O) groups is 1. The van der Waals surface area contributed by atoms with Crippen LogP contribution in [-0.4, -0.2) is 36.8 Å². The molecule has 0 saturated carbocycles. The number of aromatic hydroxyl groups is 1. The number of aryl methyl sites for hydroxylation is 1. The molecule has 0 aliphatic heterocycles. The third-order valence-electron chi connectivity index (χ3n) is 4.46. The Bertz CT molecular complexity index is 1370. The second-order valence-corrected chi connectivity index (χ2v) is 7.34. The van der Waals surface area contributed by atoms with Crippen molar-refractivity contribution >= 4 is 40.8 Å². The maximum Gasteiger partial charge on any atom is 0.491 e. The van der Waals surface area contributed by atoms with E-state index in [1.54, 1.807) is 6.92 Å². The zero-order valence-corrected chi connectivity index (χ0v) is 17.4. The van der Waals surface area contributed by atoms with Gasteiger partial charge in [0.05, 0.1) is 28.1 Å². The molecule has 0 fully saturated rings. The van der Waals surface area contributed by atoms with Gasteiger partial charge in [-0.25, -0.2) is 19.2 Å². The van der Waals surface area contributed by atoms with E-state index in [-0.39, 0.29) is 22.1 Å². The number of hydrogen-bond acceptors (Lipinski definition) is 5. The molecule has 2 aromatic heterocycles. The number of phenolic OH excluding ortho intramolecular Hbond substituents is 1. The van der Waals surface area contributed by atoms with Crippen LogP contribution >= 0.6 is 11.6 Å². The molecule has 0 bridgehead atoms. The van der Waals surface area contributed by atoms with Gasteiger partial charge in [0.25, 0.3) is 0 Å². The molecule has 0 unspecified atom stereocenters. The van der Waals surface area contributed by atoms with Gasteiger partial charge in [-0.15, -0.1) is 0 Å².